The van der Waals surface area contributed by atoms with Gasteiger partial charge >= 0.3 is 6.18 Å². The average molecular weight is 414 g/mol. The number of nitrogens with zero attached hydrogens (tertiary/aromatic N) is 4. The summed E-state index contributed by atoms with van der Waals surface area (Å²) in [4.78, 5) is 13.5. The van der Waals surface area contributed by atoms with Crippen LogP contribution in [0, 0.1) is 13.8 Å². The highest BCUT2D eigenvalue weighted by molar-refractivity contribution is 7.99. The molecule has 0 bridgehead atoms. The van der Waals surface area contributed by atoms with Gasteiger partial charge in [0.25, 0.3) is 0 Å². The molecule has 0 unspecified atom stereocenters. The van der Waals surface area contributed by atoms with Crippen LogP contribution in [0.1, 0.15) is 21.7 Å². The van der Waals surface area contributed by atoms with Crippen molar-refractivity contribution in [2.45, 2.75) is 31.7 Å². The van der Waals surface area contributed by atoms with Crippen LogP contribution in [0.15, 0.2) is 28.7 Å². The topological polar surface area (TPSA) is 52.7 Å². The Hall–Kier alpha value is -2.07. The van der Waals surface area contributed by atoms with Crippen molar-refractivity contribution in [3.05, 3.63) is 40.5 Å². The number of Topliss-reactive ketones (excluding diaryl/α,β-unsaturated/α-hetero) is 1. The molecule has 0 radical (unpaired) electrons. The number of aromatic nitrogens is 4. The van der Waals surface area contributed by atoms with Crippen molar-refractivity contribution in [3.63, 3.8) is 0 Å². The molecule has 3 aromatic heterocycles. The Labute approximate surface area is 162 Å². The molecule has 0 atom stereocenters. The summed E-state index contributed by atoms with van der Waals surface area (Å²) in [6.07, 6.45) is -4.33. The molecule has 3 heterocycles. The van der Waals surface area contributed by atoms with Gasteiger partial charge in [-0.2, -0.15) is 13.2 Å². The molecule has 0 saturated carbocycles. The van der Waals surface area contributed by atoms with E-state index in [-0.39, 0.29) is 11.5 Å². The molecule has 10 heteroatoms. The van der Waals surface area contributed by atoms with Crippen LogP contribution in [0.25, 0.3) is 10.7 Å². The van der Waals surface area contributed by atoms with Crippen molar-refractivity contribution >= 4 is 28.9 Å². The van der Waals surface area contributed by atoms with Crippen molar-refractivity contribution in [1.29, 1.82) is 0 Å². The van der Waals surface area contributed by atoms with Gasteiger partial charge in [-0.3, -0.25) is 4.79 Å². The van der Waals surface area contributed by atoms with Crippen molar-refractivity contribution in [1.82, 2.24) is 19.3 Å². The van der Waals surface area contributed by atoms with E-state index in [1.165, 1.54) is 24.8 Å². The van der Waals surface area contributed by atoms with Crippen LogP contribution in [0.3, 0.4) is 0 Å². The monoisotopic (exact) mass is 414 g/mol. The summed E-state index contributed by atoms with van der Waals surface area (Å²) in [6, 6.07) is 5.36. The van der Waals surface area contributed by atoms with E-state index in [1.54, 1.807) is 22.8 Å². The smallest absolute Gasteiger partial charge is 0.339 e. The first-order valence-electron chi connectivity index (χ1n) is 8.00. The van der Waals surface area contributed by atoms with Gasteiger partial charge in [-0.05, 0) is 31.4 Å². The van der Waals surface area contributed by atoms with Crippen LogP contribution in [0.4, 0.5) is 13.2 Å². The summed E-state index contributed by atoms with van der Waals surface area (Å²) < 4.78 is 41.1. The maximum Gasteiger partial charge on any atom is 0.406 e. The molecule has 5 nitrogen and oxygen atoms in total. The van der Waals surface area contributed by atoms with Crippen molar-refractivity contribution in [2.24, 2.45) is 7.05 Å². The highest BCUT2D eigenvalue weighted by atomic mass is 32.2. The minimum atomic E-state index is -4.33. The second-order valence-electron chi connectivity index (χ2n) is 6.04. The van der Waals surface area contributed by atoms with Gasteiger partial charge < -0.3 is 9.13 Å². The van der Waals surface area contributed by atoms with Gasteiger partial charge in [0.15, 0.2) is 16.8 Å². The van der Waals surface area contributed by atoms with Crippen LogP contribution >= 0.6 is 23.1 Å². The van der Waals surface area contributed by atoms with Crippen LogP contribution in [0.5, 0.6) is 0 Å². The lowest BCUT2D eigenvalue weighted by Gasteiger charge is -2.12. The summed E-state index contributed by atoms with van der Waals surface area (Å²) in [5, 5.41) is 10.8. The zero-order valence-electron chi connectivity index (χ0n) is 14.9. The molecule has 0 spiro atoms. The van der Waals surface area contributed by atoms with Crippen molar-refractivity contribution in [2.75, 3.05) is 5.75 Å². The molecule has 144 valence electrons. The molecule has 3 aromatic rings. The third-order valence-electron chi connectivity index (χ3n) is 4.12. The van der Waals surface area contributed by atoms with Gasteiger partial charge in [-0.15, -0.1) is 21.5 Å². The standard InChI is InChI=1S/C17H17F3N4OS2/c1-10-7-12(11(2)24(10)9-17(18,19)20)13(25)8-27-16-22-21-15(23(16)3)14-5-4-6-26-14/h4-7H,8-9H2,1-3H3. The Morgan fingerprint density at radius 3 is 2.67 bits per heavy atom. The number of thioether (sulfide) groups is 1. The number of thiophene rings is 1. The number of carbonyl (C=O) groups is 1. The van der Waals surface area contributed by atoms with Crippen LogP contribution in [-0.2, 0) is 13.6 Å². The Morgan fingerprint density at radius 1 is 1.30 bits per heavy atom. The second kappa shape index (κ2) is 7.51. The van der Waals surface area contributed by atoms with Crippen molar-refractivity contribution in [3.8, 4) is 10.7 Å². The molecule has 0 aliphatic rings. The van der Waals surface area contributed by atoms with E-state index in [2.05, 4.69) is 10.2 Å². The summed E-state index contributed by atoms with van der Waals surface area (Å²) in [7, 11) is 1.82. The van der Waals surface area contributed by atoms with Gasteiger partial charge in [0.2, 0.25) is 0 Å². The number of rotatable bonds is 6. The largest absolute Gasteiger partial charge is 0.406 e. The quantitative estimate of drug-likeness (QED) is 0.440. The van der Waals surface area contributed by atoms with Gasteiger partial charge in [0, 0.05) is 24.0 Å². The van der Waals surface area contributed by atoms with E-state index in [9.17, 15) is 18.0 Å². The minimum absolute atomic E-state index is 0.0761. The lowest BCUT2D eigenvalue weighted by molar-refractivity contribution is -0.141. The summed E-state index contributed by atoms with van der Waals surface area (Å²) in [5.74, 6) is 0.553. The molecular weight excluding hydrogens is 397 g/mol. The highest BCUT2D eigenvalue weighted by Gasteiger charge is 2.30. The number of ketones is 1. The summed E-state index contributed by atoms with van der Waals surface area (Å²) >= 11 is 2.76. The SMILES string of the molecule is Cc1cc(C(=O)CSc2nnc(-c3cccs3)n2C)c(C)n1CC(F)(F)F. The molecule has 3 rings (SSSR count). The number of hydrogen-bond donors (Lipinski definition) is 0. The Kier molecular flexibility index (Phi) is 5.48. The summed E-state index contributed by atoms with van der Waals surface area (Å²) in [5.41, 5.74) is 1.05. The van der Waals surface area contributed by atoms with Crippen LogP contribution in [-0.4, -0.2) is 37.0 Å². The molecule has 0 saturated heterocycles. The van der Waals surface area contributed by atoms with E-state index in [1.807, 2.05) is 24.6 Å². The predicted octanol–water partition coefficient (Wildman–Crippen LogP) is 4.50. The second-order valence-corrected chi connectivity index (χ2v) is 7.93. The first kappa shape index (κ1) is 19.7. The summed E-state index contributed by atoms with van der Waals surface area (Å²) in [6.45, 7) is 2.01. The molecule has 27 heavy (non-hydrogen) atoms. The van der Waals surface area contributed by atoms with E-state index in [0.29, 0.717) is 27.9 Å². The maximum atomic E-state index is 12.7. The Morgan fingerprint density at radius 2 is 2.04 bits per heavy atom. The lowest BCUT2D eigenvalue weighted by atomic mass is 10.2. The fourth-order valence-corrected chi connectivity index (χ4v) is 4.31. The van der Waals surface area contributed by atoms with Gasteiger partial charge in [0.05, 0.1) is 10.6 Å². The first-order chi connectivity index (χ1) is 12.7. The molecule has 0 aliphatic heterocycles. The molecule has 0 fully saturated rings. The zero-order valence-corrected chi connectivity index (χ0v) is 16.5. The first-order valence-corrected chi connectivity index (χ1v) is 9.86. The molecule has 0 aromatic carbocycles. The Bertz CT molecular complexity index is 958. The molecular formula is C17H17F3N4OS2. The van der Waals surface area contributed by atoms with Gasteiger partial charge in [-0.25, -0.2) is 0 Å². The molecule has 0 amide bonds. The number of aryl methyl sites for hydroxylation is 1. The van der Waals surface area contributed by atoms with Crippen LogP contribution in [0.2, 0.25) is 0 Å². The molecule has 0 N–H and O–H groups in total. The average Bonchev–Trinajstić information content (AvgIpc) is 3.28. The van der Waals surface area contributed by atoms with E-state index < -0.39 is 12.7 Å². The van der Waals surface area contributed by atoms with Gasteiger partial charge in [0.1, 0.15) is 6.54 Å². The highest BCUT2D eigenvalue weighted by Crippen LogP contribution is 2.28. The number of hydrogen-bond acceptors (Lipinski definition) is 5. The minimum Gasteiger partial charge on any atom is -0.339 e. The lowest BCUT2D eigenvalue weighted by Crippen LogP contribution is -2.19. The fraction of sp³-hybridized carbons (Fsp3) is 0.353. The van der Waals surface area contributed by atoms with Crippen LogP contribution < -0.4 is 0 Å². The molecule has 0 aliphatic carbocycles. The third kappa shape index (κ3) is 4.27. The number of carbonyl (C=O) groups excluding carboxylic acids is 1. The van der Waals surface area contributed by atoms with E-state index in [4.69, 9.17) is 0 Å². The van der Waals surface area contributed by atoms with E-state index >= 15 is 0 Å². The van der Waals surface area contributed by atoms with Gasteiger partial charge in [-0.1, -0.05) is 17.8 Å². The zero-order chi connectivity index (χ0) is 19.8. The predicted molar refractivity (Wildman–Crippen MR) is 99.3 cm³/mol. The number of halogens is 3. The Balaban J connectivity index is 1.73. The van der Waals surface area contributed by atoms with Crippen molar-refractivity contribution < 1.29 is 18.0 Å². The number of alkyl halides is 3. The normalized spacial score (nSPS) is 11.9. The van der Waals surface area contributed by atoms with E-state index in [0.717, 1.165) is 9.44 Å². The maximum absolute atomic E-state index is 12.7. The third-order valence-corrected chi connectivity index (χ3v) is 6.01. The fourth-order valence-electron chi connectivity index (χ4n) is 2.77.